The Morgan fingerprint density at radius 2 is 1.72 bits per heavy atom. The minimum atomic E-state index is -4.06. The normalized spacial score (nSPS) is 15.3. The predicted octanol–water partition coefficient (Wildman–Crippen LogP) is 6.29. The summed E-state index contributed by atoms with van der Waals surface area (Å²) in [5, 5.41) is 10.9. The van der Waals surface area contributed by atoms with Crippen LogP contribution in [0.5, 0.6) is 0 Å². The Bertz CT molecular complexity index is 2060. The van der Waals surface area contributed by atoms with Crippen LogP contribution in [-0.2, 0) is 29.4 Å². The first-order valence-corrected chi connectivity index (χ1v) is 16.7. The maximum Gasteiger partial charge on any atom is 0.261 e. The number of carbonyl (C=O) groups excluding carboxylic acids is 1. The summed E-state index contributed by atoms with van der Waals surface area (Å²) in [5.41, 5.74) is 2.67. The van der Waals surface area contributed by atoms with Gasteiger partial charge in [0.1, 0.15) is 10.7 Å². The molecular weight excluding hydrogens is 640 g/mol. The van der Waals surface area contributed by atoms with E-state index >= 15 is 0 Å². The summed E-state index contributed by atoms with van der Waals surface area (Å²) in [7, 11) is -4.06. The first-order valence-electron chi connectivity index (χ1n) is 14.4. The number of benzene rings is 2. The molecule has 0 spiro atoms. The van der Waals surface area contributed by atoms with E-state index < -0.39 is 33.6 Å². The van der Waals surface area contributed by atoms with Crippen LogP contribution in [0.4, 0.5) is 13.2 Å². The van der Waals surface area contributed by atoms with Gasteiger partial charge in [-0.2, -0.15) is 0 Å². The number of fused-ring (bicyclic) bond motifs is 1. The fourth-order valence-corrected chi connectivity index (χ4v) is 8.13. The molecule has 0 saturated heterocycles. The average Bonchev–Trinajstić information content (AvgIpc) is 3.74. The number of sulfonamides is 1. The minimum Gasteiger partial charge on any atom is -0.421 e. The third-order valence-electron chi connectivity index (χ3n) is 7.58. The molecule has 2 aromatic carbocycles. The van der Waals surface area contributed by atoms with Gasteiger partial charge in [0.25, 0.3) is 5.91 Å². The molecule has 4 heterocycles. The summed E-state index contributed by atoms with van der Waals surface area (Å²) < 4.78 is 76.7. The van der Waals surface area contributed by atoms with Crippen molar-refractivity contribution in [2.45, 2.75) is 51.1 Å². The molecular formula is C32H28F3N5O4S2. The zero-order valence-electron chi connectivity index (χ0n) is 24.9. The number of amides is 1. The predicted molar refractivity (Wildman–Crippen MR) is 165 cm³/mol. The highest BCUT2D eigenvalue weighted by Gasteiger charge is 2.42. The molecule has 1 atom stereocenters. The van der Waals surface area contributed by atoms with E-state index in [0.717, 1.165) is 29.0 Å². The Balaban J connectivity index is 1.47. The maximum atomic E-state index is 13.7. The topological polar surface area (TPSA) is 127 Å². The van der Waals surface area contributed by atoms with Crippen molar-refractivity contribution in [3.05, 3.63) is 105 Å². The van der Waals surface area contributed by atoms with Crippen molar-refractivity contribution >= 4 is 27.3 Å². The van der Waals surface area contributed by atoms with E-state index in [1.807, 2.05) is 13.8 Å². The summed E-state index contributed by atoms with van der Waals surface area (Å²) in [5.74, 6) is -2.67. The highest BCUT2D eigenvalue weighted by molar-refractivity contribution is 7.90. The van der Waals surface area contributed by atoms with Gasteiger partial charge in [0.15, 0.2) is 11.6 Å². The Morgan fingerprint density at radius 1 is 0.978 bits per heavy atom. The highest BCUT2D eigenvalue weighted by atomic mass is 32.2. The molecule has 238 valence electrons. The lowest BCUT2D eigenvalue weighted by atomic mass is 9.94. The Labute approximate surface area is 267 Å². The van der Waals surface area contributed by atoms with Gasteiger partial charge in [-0.05, 0) is 66.3 Å². The third kappa shape index (κ3) is 6.19. The number of carbonyl (C=O) groups is 1. The highest BCUT2D eigenvalue weighted by Crippen LogP contribution is 2.47. The molecule has 0 radical (unpaired) electrons. The van der Waals surface area contributed by atoms with Crippen LogP contribution in [0.2, 0.25) is 0 Å². The third-order valence-corrected chi connectivity index (χ3v) is 10.2. The molecule has 1 amide bonds. The van der Waals surface area contributed by atoms with Gasteiger partial charge in [-0.3, -0.25) is 9.78 Å². The number of thiophene rings is 1. The summed E-state index contributed by atoms with van der Waals surface area (Å²) in [6.07, 6.45) is 0.792. The molecule has 2 N–H and O–H groups in total. The summed E-state index contributed by atoms with van der Waals surface area (Å²) in [6.45, 7) is 5.33. The van der Waals surface area contributed by atoms with E-state index in [4.69, 9.17) is 9.40 Å². The molecule has 0 aliphatic carbocycles. The molecule has 1 aliphatic rings. The Morgan fingerprint density at radius 3 is 2.39 bits per heavy atom. The average molecular weight is 668 g/mol. The van der Waals surface area contributed by atoms with Crippen molar-refractivity contribution in [3.8, 4) is 21.9 Å². The number of nitrogens with zero attached hydrogens (tertiary/aromatic N) is 3. The number of nitrogens with one attached hydrogen (secondary N) is 2. The molecule has 9 nitrogen and oxygen atoms in total. The largest absolute Gasteiger partial charge is 0.421 e. The summed E-state index contributed by atoms with van der Waals surface area (Å²) in [4.78, 5) is 18.7. The molecule has 1 aliphatic heterocycles. The second kappa shape index (κ2) is 12.4. The fourth-order valence-electron chi connectivity index (χ4n) is 5.33. The van der Waals surface area contributed by atoms with Crippen molar-refractivity contribution in [2.75, 3.05) is 0 Å². The van der Waals surface area contributed by atoms with Gasteiger partial charge in [0.2, 0.25) is 21.8 Å². The smallest absolute Gasteiger partial charge is 0.261 e. The zero-order valence-corrected chi connectivity index (χ0v) is 26.5. The molecule has 3 aromatic heterocycles. The molecule has 0 bridgehead atoms. The lowest BCUT2D eigenvalue weighted by Crippen LogP contribution is -2.23. The standard InChI is InChI=1S/C32H28F3N5O4S2/c1-16(2)28-29-30(46(42,43)40-28)27(24-12-13-25(45-24)31(41)36-15-19-6-10-21(34)22(35)14-19)26(32-39-38-17(3)44-32)23(37-29)11-7-18-4-8-20(33)9-5-18/h4-6,8-10,12-14,16,28,40H,7,11,15H2,1-3H3,(H,36,41). The van der Waals surface area contributed by atoms with Gasteiger partial charge >= 0.3 is 0 Å². The summed E-state index contributed by atoms with van der Waals surface area (Å²) in [6, 6.07) is 12.0. The molecule has 0 saturated carbocycles. The van der Waals surface area contributed by atoms with E-state index in [0.29, 0.717) is 40.2 Å². The second-order valence-corrected chi connectivity index (χ2v) is 13.9. The molecule has 5 aromatic rings. The van der Waals surface area contributed by atoms with Gasteiger partial charge in [0.05, 0.1) is 27.9 Å². The zero-order chi connectivity index (χ0) is 32.7. The number of halogens is 3. The van der Waals surface area contributed by atoms with Crippen molar-refractivity contribution in [1.82, 2.24) is 25.2 Å². The first kappa shape index (κ1) is 31.6. The van der Waals surface area contributed by atoms with E-state index in [9.17, 15) is 26.4 Å². The maximum absolute atomic E-state index is 13.7. The number of rotatable bonds is 9. The van der Waals surface area contributed by atoms with Gasteiger partial charge < -0.3 is 9.73 Å². The van der Waals surface area contributed by atoms with Gasteiger partial charge in [-0.1, -0.05) is 32.0 Å². The SMILES string of the molecule is Cc1nnc(-c2c(CCc3ccc(F)cc3)nc3c(c2-c2ccc(C(=O)NCc4ccc(F)c(F)c4)s2)S(=O)(=O)NC3C(C)C)o1. The van der Waals surface area contributed by atoms with Crippen molar-refractivity contribution in [2.24, 2.45) is 5.92 Å². The van der Waals surface area contributed by atoms with Crippen LogP contribution in [-0.4, -0.2) is 29.5 Å². The monoisotopic (exact) mass is 667 g/mol. The lowest BCUT2D eigenvalue weighted by Gasteiger charge is -2.18. The molecule has 14 heteroatoms. The van der Waals surface area contributed by atoms with Crippen LogP contribution < -0.4 is 10.0 Å². The van der Waals surface area contributed by atoms with Gasteiger partial charge in [-0.15, -0.1) is 21.5 Å². The van der Waals surface area contributed by atoms with E-state index in [1.54, 1.807) is 31.2 Å². The number of hydrogen-bond acceptors (Lipinski definition) is 8. The van der Waals surface area contributed by atoms with E-state index in [-0.39, 0.29) is 45.4 Å². The van der Waals surface area contributed by atoms with Crippen molar-refractivity contribution in [3.63, 3.8) is 0 Å². The van der Waals surface area contributed by atoms with Crippen LogP contribution in [0.1, 0.15) is 58.0 Å². The fraction of sp³-hybridized carbons (Fsp3) is 0.250. The van der Waals surface area contributed by atoms with Crippen LogP contribution >= 0.6 is 11.3 Å². The number of aromatic nitrogens is 3. The first-order chi connectivity index (χ1) is 21.9. The van der Waals surface area contributed by atoms with E-state index in [2.05, 4.69) is 20.2 Å². The molecule has 6 rings (SSSR count). The molecule has 0 fully saturated rings. The van der Waals surface area contributed by atoms with Crippen LogP contribution in [0, 0.1) is 30.3 Å². The van der Waals surface area contributed by atoms with Crippen LogP contribution in [0.25, 0.3) is 21.9 Å². The number of aryl methyl sites for hydroxylation is 3. The van der Waals surface area contributed by atoms with E-state index in [1.165, 1.54) is 18.2 Å². The van der Waals surface area contributed by atoms with Crippen LogP contribution in [0.15, 0.2) is 63.9 Å². The Kier molecular flexibility index (Phi) is 8.53. The minimum absolute atomic E-state index is 0.0295. The number of hydrogen-bond donors (Lipinski definition) is 2. The van der Waals surface area contributed by atoms with Crippen molar-refractivity contribution < 1.29 is 30.8 Å². The quantitative estimate of drug-likeness (QED) is 0.189. The van der Waals surface area contributed by atoms with Crippen molar-refractivity contribution in [1.29, 1.82) is 0 Å². The van der Waals surface area contributed by atoms with Crippen LogP contribution in [0.3, 0.4) is 0 Å². The van der Waals surface area contributed by atoms with Gasteiger partial charge in [0, 0.05) is 23.9 Å². The molecule has 46 heavy (non-hydrogen) atoms. The second-order valence-electron chi connectivity index (χ2n) is 11.2. The summed E-state index contributed by atoms with van der Waals surface area (Å²) >= 11 is 1.05. The molecule has 1 unspecified atom stereocenters. The lowest BCUT2D eigenvalue weighted by molar-refractivity contribution is 0.0955. The number of pyridine rings is 1. The van der Waals surface area contributed by atoms with Gasteiger partial charge in [-0.25, -0.2) is 26.3 Å². The Hall–Kier alpha value is -4.40.